The molecule has 1 N–H and O–H groups in total. The van der Waals surface area contributed by atoms with Crippen molar-refractivity contribution in [1.29, 1.82) is 0 Å². The van der Waals surface area contributed by atoms with E-state index >= 15 is 0 Å². The van der Waals surface area contributed by atoms with E-state index in [1.54, 1.807) is 13.0 Å². The van der Waals surface area contributed by atoms with Crippen LogP contribution in [0.5, 0.6) is 0 Å². The van der Waals surface area contributed by atoms with E-state index in [4.69, 9.17) is 0 Å². The second-order valence-corrected chi connectivity index (χ2v) is 5.58. The number of piperidine rings is 1. The molecular formula is C14H22N4O2. The van der Waals surface area contributed by atoms with Gasteiger partial charge in [-0.25, -0.2) is 4.98 Å². The minimum absolute atomic E-state index is 0.0749. The summed E-state index contributed by atoms with van der Waals surface area (Å²) < 4.78 is 0. The van der Waals surface area contributed by atoms with E-state index in [-0.39, 0.29) is 5.69 Å². The average molecular weight is 278 g/mol. The number of likely N-dealkylation sites (tertiary alicyclic amines) is 1. The van der Waals surface area contributed by atoms with Gasteiger partial charge in [-0.05, 0) is 58.3 Å². The number of rotatable bonds is 5. The Hall–Kier alpha value is -1.69. The van der Waals surface area contributed by atoms with Gasteiger partial charge in [0.25, 0.3) is 5.69 Å². The third-order valence-electron chi connectivity index (χ3n) is 3.98. The lowest BCUT2D eigenvalue weighted by atomic mass is 9.94. The molecule has 1 aromatic heterocycles. The zero-order valence-electron chi connectivity index (χ0n) is 12.1. The van der Waals surface area contributed by atoms with E-state index in [0.29, 0.717) is 5.56 Å². The number of hydrogen-bond donors (Lipinski definition) is 1. The number of nitro groups is 1. The van der Waals surface area contributed by atoms with Gasteiger partial charge in [0.1, 0.15) is 12.0 Å². The Kier molecular flexibility index (Phi) is 4.89. The lowest BCUT2D eigenvalue weighted by Crippen LogP contribution is -2.30. The molecule has 1 saturated heterocycles. The van der Waals surface area contributed by atoms with Gasteiger partial charge in [-0.2, -0.15) is 0 Å². The Labute approximate surface area is 119 Å². The Morgan fingerprint density at radius 2 is 2.20 bits per heavy atom. The van der Waals surface area contributed by atoms with E-state index in [2.05, 4.69) is 22.2 Å². The molecule has 6 heteroatoms. The van der Waals surface area contributed by atoms with Gasteiger partial charge in [-0.1, -0.05) is 0 Å². The van der Waals surface area contributed by atoms with Crippen molar-refractivity contribution >= 4 is 11.5 Å². The molecule has 2 rings (SSSR count). The molecule has 110 valence electrons. The Morgan fingerprint density at radius 1 is 1.50 bits per heavy atom. The molecule has 0 radical (unpaired) electrons. The summed E-state index contributed by atoms with van der Waals surface area (Å²) in [4.78, 5) is 16.8. The summed E-state index contributed by atoms with van der Waals surface area (Å²) in [5.41, 5.74) is 0.720. The maximum Gasteiger partial charge on any atom is 0.290 e. The highest BCUT2D eigenvalue weighted by Crippen LogP contribution is 2.21. The average Bonchev–Trinajstić information content (AvgIpc) is 2.41. The summed E-state index contributed by atoms with van der Waals surface area (Å²) in [6.07, 6.45) is 4.97. The van der Waals surface area contributed by atoms with Crippen LogP contribution >= 0.6 is 0 Å². The molecule has 0 atom stereocenters. The van der Waals surface area contributed by atoms with Crippen LogP contribution in [0.1, 0.15) is 24.8 Å². The first-order chi connectivity index (χ1) is 9.56. The van der Waals surface area contributed by atoms with E-state index in [9.17, 15) is 10.1 Å². The fourth-order valence-electron chi connectivity index (χ4n) is 2.59. The number of aromatic nitrogens is 1. The van der Waals surface area contributed by atoms with Crippen molar-refractivity contribution in [3.63, 3.8) is 0 Å². The SMILES string of the molecule is Cc1cc(NCCC2CCN(C)CC2)ncc1[N+](=O)[O-]. The van der Waals surface area contributed by atoms with Crippen LogP contribution in [0.25, 0.3) is 0 Å². The van der Waals surface area contributed by atoms with Crippen molar-refractivity contribution in [2.75, 3.05) is 32.0 Å². The van der Waals surface area contributed by atoms with Crippen LogP contribution in [-0.4, -0.2) is 41.5 Å². The van der Waals surface area contributed by atoms with E-state index in [1.165, 1.54) is 32.1 Å². The smallest absolute Gasteiger partial charge is 0.290 e. The van der Waals surface area contributed by atoms with Gasteiger partial charge in [0.05, 0.1) is 4.92 Å². The standard InChI is InChI=1S/C14H22N4O2/c1-11-9-14(16-10-13(11)18(19)20)15-6-3-12-4-7-17(2)8-5-12/h9-10,12H,3-8H2,1-2H3,(H,15,16). The predicted molar refractivity (Wildman–Crippen MR) is 79.0 cm³/mol. The van der Waals surface area contributed by atoms with Gasteiger partial charge < -0.3 is 10.2 Å². The van der Waals surface area contributed by atoms with Crippen LogP contribution in [0.3, 0.4) is 0 Å². The van der Waals surface area contributed by atoms with E-state index < -0.39 is 4.92 Å². The Morgan fingerprint density at radius 3 is 2.80 bits per heavy atom. The summed E-state index contributed by atoms with van der Waals surface area (Å²) in [7, 11) is 2.16. The van der Waals surface area contributed by atoms with Gasteiger partial charge in [-0.15, -0.1) is 0 Å². The van der Waals surface area contributed by atoms with Gasteiger partial charge in [-0.3, -0.25) is 10.1 Å². The van der Waals surface area contributed by atoms with Crippen molar-refractivity contribution in [3.05, 3.63) is 27.9 Å². The Bertz CT molecular complexity index is 470. The molecule has 0 amide bonds. The number of nitrogens with one attached hydrogen (secondary N) is 1. The van der Waals surface area contributed by atoms with Crippen molar-refractivity contribution in [1.82, 2.24) is 9.88 Å². The monoisotopic (exact) mass is 278 g/mol. The van der Waals surface area contributed by atoms with Crippen LogP contribution < -0.4 is 5.32 Å². The van der Waals surface area contributed by atoms with Crippen LogP contribution in [0.4, 0.5) is 11.5 Å². The maximum absolute atomic E-state index is 10.7. The lowest BCUT2D eigenvalue weighted by Gasteiger charge is -2.28. The normalized spacial score (nSPS) is 17.1. The van der Waals surface area contributed by atoms with Crippen molar-refractivity contribution in [3.8, 4) is 0 Å². The first-order valence-corrected chi connectivity index (χ1v) is 7.09. The molecule has 0 bridgehead atoms. The van der Waals surface area contributed by atoms with E-state index in [0.717, 1.165) is 24.7 Å². The second-order valence-electron chi connectivity index (χ2n) is 5.58. The topological polar surface area (TPSA) is 71.3 Å². The third-order valence-corrected chi connectivity index (χ3v) is 3.98. The molecule has 1 aliphatic rings. The number of hydrogen-bond acceptors (Lipinski definition) is 5. The molecule has 2 heterocycles. The number of pyridine rings is 1. The second kappa shape index (κ2) is 6.65. The zero-order valence-corrected chi connectivity index (χ0v) is 12.1. The largest absolute Gasteiger partial charge is 0.370 e. The number of aryl methyl sites for hydroxylation is 1. The fraction of sp³-hybridized carbons (Fsp3) is 0.643. The first-order valence-electron chi connectivity index (χ1n) is 7.09. The fourth-order valence-corrected chi connectivity index (χ4v) is 2.59. The molecule has 0 aliphatic carbocycles. The van der Waals surface area contributed by atoms with Crippen LogP contribution in [0, 0.1) is 23.0 Å². The zero-order chi connectivity index (χ0) is 14.5. The molecule has 0 spiro atoms. The maximum atomic E-state index is 10.7. The molecule has 1 aromatic rings. The highest BCUT2D eigenvalue weighted by molar-refractivity contribution is 5.46. The third kappa shape index (κ3) is 3.90. The molecule has 0 aromatic carbocycles. The molecule has 20 heavy (non-hydrogen) atoms. The minimum Gasteiger partial charge on any atom is -0.370 e. The highest BCUT2D eigenvalue weighted by atomic mass is 16.6. The summed E-state index contributed by atoms with van der Waals surface area (Å²) >= 11 is 0. The summed E-state index contributed by atoms with van der Waals surface area (Å²) in [6.45, 7) is 4.97. The van der Waals surface area contributed by atoms with Gasteiger partial charge in [0.15, 0.2) is 0 Å². The van der Waals surface area contributed by atoms with Crippen molar-refractivity contribution < 1.29 is 4.92 Å². The first kappa shape index (κ1) is 14.7. The number of anilines is 1. The highest BCUT2D eigenvalue weighted by Gasteiger charge is 2.16. The molecule has 1 aliphatic heterocycles. The van der Waals surface area contributed by atoms with Crippen LogP contribution in [0.2, 0.25) is 0 Å². The molecular weight excluding hydrogens is 256 g/mol. The summed E-state index contributed by atoms with van der Waals surface area (Å²) in [5, 5.41) is 14.0. The lowest BCUT2D eigenvalue weighted by molar-refractivity contribution is -0.385. The molecule has 0 saturated carbocycles. The molecule has 6 nitrogen and oxygen atoms in total. The van der Waals surface area contributed by atoms with Crippen LogP contribution in [0.15, 0.2) is 12.3 Å². The van der Waals surface area contributed by atoms with E-state index in [1.807, 2.05) is 0 Å². The minimum atomic E-state index is -0.398. The quantitative estimate of drug-likeness (QED) is 0.661. The van der Waals surface area contributed by atoms with Crippen LogP contribution in [-0.2, 0) is 0 Å². The molecule has 0 unspecified atom stereocenters. The van der Waals surface area contributed by atoms with Crippen molar-refractivity contribution in [2.45, 2.75) is 26.2 Å². The van der Waals surface area contributed by atoms with Gasteiger partial charge >= 0.3 is 0 Å². The van der Waals surface area contributed by atoms with Crippen molar-refractivity contribution in [2.24, 2.45) is 5.92 Å². The van der Waals surface area contributed by atoms with Gasteiger partial charge in [0, 0.05) is 12.1 Å². The molecule has 1 fully saturated rings. The summed E-state index contributed by atoms with van der Waals surface area (Å²) in [5.74, 6) is 1.50. The van der Waals surface area contributed by atoms with Gasteiger partial charge in [0.2, 0.25) is 0 Å². The Balaban J connectivity index is 1.79. The number of nitrogens with zero attached hydrogens (tertiary/aromatic N) is 3. The predicted octanol–water partition coefficient (Wildman–Crippen LogP) is 2.44. The summed E-state index contributed by atoms with van der Waals surface area (Å²) in [6, 6.07) is 1.74.